The Hall–Kier alpha value is -1.26. The number of benzene rings is 1. The molecule has 0 spiro atoms. The average Bonchev–Trinajstić information content (AvgIpc) is 2.47. The molecule has 0 aliphatic carbocycles. The maximum absolute atomic E-state index is 13.1. The number of hydrogen-bond donors (Lipinski definition) is 1. The maximum atomic E-state index is 13.1. The smallest absolute Gasteiger partial charge is 0.159 e. The van der Waals surface area contributed by atoms with Crippen molar-refractivity contribution < 1.29 is 8.78 Å². The number of piperidine rings is 1. The van der Waals surface area contributed by atoms with Gasteiger partial charge in [-0.3, -0.25) is 4.90 Å². The third-order valence-corrected chi connectivity index (χ3v) is 3.92. The third kappa shape index (κ3) is 5.21. The molecule has 1 aliphatic rings. The van der Waals surface area contributed by atoms with Gasteiger partial charge >= 0.3 is 0 Å². The molecular formula is C17H24F2N2. The highest BCUT2D eigenvalue weighted by Crippen LogP contribution is 2.13. The molecule has 21 heavy (non-hydrogen) atoms. The van der Waals surface area contributed by atoms with Gasteiger partial charge in [0, 0.05) is 19.1 Å². The minimum absolute atomic E-state index is 0.459. The molecule has 1 saturated heterocycles. The van der Waals surface area contributed by atoms with E-state index in [0.717, 1.165) is 38.0 Å². The van der Waals surface area contributed by atoms with Crippen LogP contribution >= 0.6 is 0 Å². The number of rotatable bonds is 5. The molecule has 2 rings (SSSR count). The summed E-state index contributed by atoms with van der Waals surface area (Å²) in [7, 11) is 0. The molecule has 0 atom stereocenters. The standard InChI is InChI=1S/C17H24F2N2/c1-13(2)5-8-21-9-6-15(7-10-21)20-12-14-3-4-16(18)17(19)11-14/h3-5,11,15,20H,6-10,12H2,1-2H3. The molecule has 0 bridgehead atoms. The zero-order valence-electron chi connectivity index (χ0n) is 12.8. The first-order valence-corrected chi connectivity index (χ1v) is 7.57. The molecule has 4 heteroatoms. The Kier molecular flexibility index (Phi) is 5.88. The van der Waals surface area contributed by atoms with Crippen molar-refractivity contribution in [2.24, 2.45) is 0 Å². The van der Waals surface area contributed by atoms with Crippen molar-refractivity contribution in [3.8, 4) is 0 Å². The van der Waals surface area contributed by atoms with Gasteiger partial charge in [0.15, 0.2) is 11.6 Å². The van der Waals surface area contributed by atoms with Crippen LogP contribution in [0.25, 0.3) is 0 Å². The van der Waals surface area contributed by atoms with Gasteiger partial charge in [-0.05, 0) is 57.5 Å². The number of halogens is 2. The molecule has 0 saturated carbocycles. The minimum atomic E-state index is -0.786. The van der Waals surface area contributed by atoms with Crippen LogP contribution in [0.4, 0.5) is 8.78 Å². The summed E-state index contributed by atoms with van der Waals surface area (Å²) in [6, 6.07) is 4.55. The third-order valence-electron chi connectivity index (χ3n) is 3.92. The fraction of sp³-hybridized carbons (Fsp3) is 0.529. The fourth-order valence-electron chi connectivity index (χ4n) is 2.54. The molecule has 1 heterocycles. The van der Waals surface area contributed by atoms with Crippen LogP contribution < -0.4 is 5.32 Å². The van der Waals surface area contributed by atoms with E-state index in [2.05, 4.69) is 30.1 Å². The number of likely N-dealkylation sites (tertiary alicyclic amines) is 1. The van der Waals surface area contributed by atoms with Gasteiger partial charge in [-0.25, -0.2) is 8.78 Å². The number of allylic oxidation sites excluding steroid dienone is 1. The van der Waals surface area contributed by atoms with Crippen molar-refractivity contribution in [3.05, 3.63) is 47.0 Å². The lowest BCUT2D eigenvalue weighted by molar-refractivity contribution is 0.214. The molecule has 116 valence electrons. The average molecular weight is 294 g/mol. The van der Waals surface area contributed by atoms with Gasteiger partial charge in [-0.2, -0.15) is 0 Å². The lowest BCUT2D eigenvalue weighted by atomic mass is 10.0. The lowest BCUT2D eigenvalue weighted by Crippen LogP contribution is -2.42. The first-order chi connectivity index (χ1) is 10.0. The normalized spacial score (nSPS) is 17.0. The van der Waals surface area contributed by atoms with Crippen LogP contribution in [0.1, 0.15) is 32.3 Å². The quantitative estimate of drug-likeness (QED) is 0.836. The van der Waals surface area contributed by atoms with Crippen LogP contribution in [0, 0.1) is 11.6 Å². The summed E-state index contributed by atoms with van der Waals surface area (Å²) in [6.07, 6.45) is 4.45. The molecule has 1 fully saturated rings. The second-order valence-corrected chi connectivity index (χ2v) is 5.99. The van der Waals surface area contributed by atoms with E-state index < -0.39 is 11.6 Å². The zero-order chi connectivity index (χ0) is 15.2. The molecule has 0 amide bonds. The molecule has 0 unspecified atom stereocenters. The summed E-state index contributed by atoms with van der Waals surface area (Å²) >= 11 is 0. The van der Waals surface area contributed by atoms with Crippen molar-refractivity contribution in [2.45, 2.75) is 39.3 Å². The van der Waals surface area contributed by atoms with Gasteiger partial charge in [0.2, 0.25) is 0 Å². The van der Waals surface area contributed by atoms with E-state index in [1.54, 1.807) is 6.07 Å². The molecular weight excluding hydrogens is 270 g/mol. The Labute approximate surface area is 125 Å². The summed E-state index contributed by atoms with van der Waals surface area (Å²) in [5.74, 6) is -1.56. The predicted octanol–water partition coefficient (Wildman–Crippen LogP) is 3.49. The number of nitrogens with zero attached hydrogens (tertiary/aromatic N) is 1. The Balaban J connectivity index is 1.73. The molecule has 1 aromatic rings. The van der Waals surface area contributed by atoms with E-state index >= 15 is 0 Å². The SMILES string of the molecule is CC(C)=CCN1CCC(NCc2ccc(F)c(F)c2)CC1. The molecule has 0 radical (unpaired) electrons. The molecule has 2 nitrogen and oxygen atoms in total. The first-order valence-electron chi connectivity index (χ1n) is 7.57. The molecule has 1 aromatic carbocycles. The van der Waals surface area contributed by atoms with Gasteiger partial charge in [-0.15, -0.1) is 0 Å². The zero-order valence-corrected chi connectivity index (χ0v) is 12.8. The predicted molar refractivity (Wildman–Crippen MR) is 82.1 cm³/mol. The van der Waals surface area contributed by atoms with Crippen molar-refractivity contribution >= 4 is 0 Å². The highest BCUT2D eigenvalue weighted by atomic mass is 19.2. The highest BCUT2D eigenvalue weighted by molar-refractivity contribution is 5.17. The van der Waals surface area contributed by atoms with Crippen molar-refractivity contribution in [2.75, 3.05) is 19.6 Å². The summed E-state index contributed by atoms with van der Waals surface area (Å²) in [5.41, 5.74) is 2.15. The van der Waals surface area contributed by atoms with Crippen LogP contribution in [0.3, 0.4) is 0 Å². The maximum Gasteiger partial charge on any atom is 0.159 e. The second kappa shape index (κ2) is 7.66. The molecule has 1 aliphatic heterocycles. The van der Waals surface area contributed by atoms with Crippen molar-refractivity contribution in [1.82, 2.24) is 10.2 Å². The minimum Gasteiger partial charge on any atom is -0.310 e. The van der Waals surface area contributed by atoms with Gasteiger partial charge in [0.25, 0.3) is 0 Å². The lowest BCUT2D eigenvalue weighted by Gasteiger charge is -2.31. The van der Waals surface area contributed by atoms with Crippen LogP contribution in [0.5, 0.6) is 0 Å². The number of nitrogens with one attached hydrogen (secondary N) is 1. The Morgan fingerprint density at radius 1 is 1.24 bits per heavy atom. The highest BCUT2D eigenvalue weighted by Gasteiger charge is 2.17. The second-order valence-electron chi connectivity index (χ2n) is 5.99. The van der Waals surface area contributed by atoms with E-state index in [1.807, 2.05) is 0 Å². The number of hydrogen-bond acceptors (Lipinski definition) is 2. The van der Waals surface area contributed by atoms with E-state index in [1.165, 1.54) is 17.7 Å². The van der Waals surface area contributed by atoms with Crippen LogP contribution in [0.2, 0.25) is 0 Å². The van der Waals surface area contributed by atoms with Crippen LogP contribution in [0.15, 0.2) is 29.8 Å². The van der Waals surface area contributed by atoms with Crippen molar-refractivity contribution in [3.63, 3.8) is 0 Å². The summed E-state index contributed by atoms with van der Waals surface area (Å²) in [4.78, 5) is 2.45. The van der Waals surface area contributed by atoms with E-state index in [-0.39, 0.29) is 0 Å². The van der Waals surface area contributed by atoms with E-state index in [0.29, 0.717) is 12.6 Å². The summed E-state index contributed by atoms with van der Waals surface area (Å²) in [6.45, 7) is 8.03. The summed E-state index contributed by atoms with van der Waals surface area (Å²) in [5, 5.41) is 3.44. The van der Waals surface area contributed by atoms with Gasteiger partial charge in [0.05, 0.1) is 0 Å². The Bertz CT molecular complexity index is 488. The van der Waals surface area contributed by atoms with Crippen LogP contribution in [-0.2, 0) is 6.54 Å². The largest absolute Gasteiger partial charge is 0.310 e. The van der Waals surface area contributed by atoms with Gasteiger partial charge < -0.3 is 5.32 Å². The van der Waals surface area contributed by atoms with Gasteiger partial charge in [0.1, 0.15) is 0 Å². The monoisotopic (exact) mass is 294 g/mol. The van der Waals surface area contributed by atoms with E-state index in [4.69, 9.17) is 0 Å². The first kappa shape index (κ1) is 16.1. The van der Waals surface area contributed by atoms with Crippen LogP contribution in [-0.4, -0.2) is 30.6 Å². The Morgan fingerprint density at radius 3 is 2.57 bits per heavy atom. The topological polar surface area (TPSA) is 15.3 Å². The van der Waals surface area contributed by atoms with Crippen molar-refractivity contribution in [1.29, 1.82) is 0 Å². The Morgan fingerprint density at radius 2 is 1.95 bits per heavy atom. The van der Waals surface area contributed by atoms with E-state index in [9.17, 15) is 8.78 Å². The fourth-order valence-corrected chi connectivity index (χ4v) is 2.54. The van der Waals surface area contributed by atoms with Gasteiger partial charge in [-0.1, -0.05) is 17.7 Å². The molecule has 1 N–H and O–H groups in total. The molecule has 0 aromatic heterocycles. The summed E-state index contributed by atoms with van der Waals surface area (Å²) < 4.78 is 26.0.